The molecule has 0 aliphatic heterocycles. The average molecular weight is 298 g/mol. The summed E-state index contributed by atoms with van der Waals surface area (Å²) in [5.74, 6) is 1.47. The number of ether oxygens (including phenoxy) is 1. The Morgan fingerprint density at radius 2 is 2.06 bits per heavy atom. The Morgan fingerprint density at radius 1 is 1.41 bits per heavy atom. The first-order valence-electron chi connectivity index (χ1n) is 6.12. The third-order valence-electron chi connectivity index (χ3n) is 3.76. The maximum Gasteiger partial charge on any atom is 0.123 e. The fourth-order valence-electron chi connectivity index (χ4n) is 2.33. The summed E-state index contributed by atoms with van der Waals surface area (Å²) in [6.07, 6.45) is 2.35. The quantitative estimate of drug-likeness (QED) is 0.922. The summed E-state index contributed by atoms with van der Waals surface area (Å²) >= 11 is 3.66. The van der Waals surface area contributed by atoms with Gasteiger partial charge in [0.2, 0.25) is 0 Å². The van der Waals surface area contributed by atoms with Crippen LogP contribution in [0.2, 0.25) is 0 Å². The molecule has 0 unspecified atom stereocenters. The zero-order chi connectivity index (χ0) is 12.6. The largest absolute Gasteiger partial charge is 0.496 e. The highest BCUT2D eigenvalue weighted by molar-refractivity contribution is 9.10. The van der Waals surface area contributed by atoms with E-state index in [-0.39, 0.29) is 5.41 Å². The molecule has 1 fully saturated rings. The minimum absolute atomic E-state index is 0.170. The van der Waals surface area contributed by atoms with Crippen molar-refractivity contribution in [1.82, 2.24) is 0 Å². The molecule has 1 aromatic carbocycles. The van der Waals surface area contributed by atoms with Crippen LogP contribution < -0.4 is 10.5 Å². The molecule has 0 amide bonds. The standard InChI is InChI=1S/C14H20BrNO/c1-9(2)10-6-13(17-3)11(7-12(10)15)14(8-16)4-5-14/h6-7,9H,4-5,8,16H2,1-3H3. The van der Waals surface area contributed by atoms with Gasteiger partial charge in [0.25, 0.3) is 0 Å². The fourth-order valence-corrected chi connectivity index (χ4v) is 3.13. The van der Waals surface area contributed by atoms with Gasteiger partial charge in [-0.3, -0.25) is 0 Å². The number of hydrogen-bond donors (Lipinski definition) is 1. The van der Waals surface area contributed by atoms with Gasteiger partial charge in [0.15, 0.2) is 0 Å². The van der Waals surface area contributed by atoms with Crippen molar-refractivity contribution >= 4 is 15.9 Å². The molecule has 0 heterocycles. The van der Waals surface area contributed by atoms with Crippen molar-refractivity contribution in [2.24, 2.45) is 5.73 Å². The third kappa shape index (κ3) is 2.23. The van der Waals surface area contributed by atoms with Crippen LogP contribution in [0.15, 0.2) is 16.6 Å². The Balaban J connectivity index is 2.50. The van der Waals surface area contributed by atoms with Gasteiger partial charge in [0.05, 0.1) is 7.11 Å². The molecule has 3 heteroatoms. The lowest BCUT2D eigenvalue weighted by Gasteiger charge is -2.20. The second-order valence-corrected chi connectivity index (χ2v) is 6.07. The van der Waals surface area contributed by atoms with E-state index in [1.165, 1.54) is 28.4 Å². The van der Waals surface area contributed by atoms with E-state index in [9.17, 15) is 0 Å². The van der Waals surface area contributed by atoms with E-state index in [0.29, 0.717) is 12.5 Å². The van der Waals surface area contributed by atoms with E-state index in [4.69, 9.17) is 10.5 Å². The number of nitrogens with two attached hydrogens (primary N) is 1. The number of rotatable bonds is 4. The first-order chi connectivity index (χ1) is 8.04. The van der Waals surface area contributed by atoms with Crippen LogP contribution >= 0.6 is 15.9 Å². The lowest BCUT2D eigenvalue weighted by molar-refractivity contribution is 0.403. The topological polar surface area (TPSA) is 35.2 Å². The number of benzene rings is 1. The summed E-state index contributed by atoms with van der Waals surface area (Å²) in [6.45, 7) is 5.08. The van der Waals surface area contributed by atoms with Crippen LogP contribution in [0.25, 0.3) is 0 Å². The van der Waals surface area contributed by atoms with Crippen LogP contribution in [0, 0.1) is 0 Å². The highest BCUT2D eigenvalue weighted by Crippen LogP contribution is 2.51. The Morgan fingerprint density at radius 3 is 2.47 bits per heavy atom. The molecule has 2 rings (SSSR count). The monoisotopic (exact) mass is 297 g/mol. The van der Waals surface area contributed by atoms with Crippen molar-refractivity contribution in [2.45, 2.75) is 38.0 Å². The van der Waals surface area contributed by atoms with E-state index in [1.54, 1.807) is 7.11 Å². The first-order valence-corrected chi connectivity index (χ1v) is 6.91. The maximum atomic E-state index is 5.90. The van der Waals surface area contributed by atoms with E-state index >= 15 is 0 Å². The maximum absolute atomic E-state index is 5.90. The van der Waals surface area contributed by atoms with Crippen LogP contribution in [0.4, 0.5) is 0 Å². The number of methoxy groups -OCH3 is 1. The van der Waals surface area contributed by atoms with Crippen molar-refractivity contribution < 1.29 is 4.74 Å². The lowest BCUT2D eigenvalue weighted by Crippen LogP contribution is -2.20. The van der Waals surface area contributed by atoms with Crippen molar-refractivity contribution in [1.29, 1.82) is 0 Å². The molecule has 1 aromatic rings. The number of hydrogen-bond acceptors (Lipinski definition) is 2. The predicted molar refractivity (Wildman–Crippen MR) is 74.7 cm³/mol. The van der Waals surface area contributed by atoms with E-state index in [2.05, 4.69) is 41.9 Å². The van der Waals surface area contributed by atoms with Gasteiger partial charge in [0, 0.05) is 22.0 Å². The molecule has 2 N–H and O–H groups in total. The molecule has 0 atom stereocenters. The summed E-state index contributed by atoms with van der Waals surface area (Å²) in [5.41, 5.74) is 8.62. The van der Waals surface area contributed by atoms with E-state index < -0.39 is 0 Å². The van der Waals surface area contributed by atoms with Crippen LogP contribution in [-0.4, -0.2) is 13.7 Å². The van der Waals surface area contributed by atoms with Gasteiger partial charge in [-0.15, -0.1) is 0 Å². The summed E-state index contributed by atoms with van der Waals surface area (Å²) in [5, 5.41) is 0. The van der Waals surface area contributed by atoms with Gasteiger partial charge >= 0.3 is 0 Å². The fraction of sp³-hybridized carbons (Fsp3) is 0.571. The molecule has 0 spiro atoms. The second-order valence-electron chi connectivity index (χ2n) is 5.21. The summed E-state index contributed by atoms with van der Waals surface area (Å²) < 4.78 is 6.71. The Labute approximate surface area is 112 Å². The van der Waals surface area contributed by atoms with Crippen LogP contribution in [0.5, 0.6) is 5.75 Å². The molecule has 17 heavy (non-hydrogen) atoms. The highest BCUT2D eigenvalue weighted by atomic mass is 79.9. The summed E-state index contributed by atoms with van der Waals surface area (Å²) in [4.78, 5) is 0. The molecule has 1 saturated carbocycles. The Hall–Kier alpha value is -0.540. The van der Waals surface area contributed by atoms with Gasteiger partial charge in [-0.25, -0.2) is 0 Å². The lowest BCUT2D eigenvalue weighted by atomic mass is 9.92. The van der Waals surface area contributed by atoms with Crippen LogP contribution in [0.3, 0.4) is 0 Å². The van der Waals surface area contributed by atoms with Crippen LogP contribution in [0.1, 0.15) is 43.7 Å². The zero-order valence-electron chi connectivity index (χ0n) is 10.7. The van der Waals surface area contributed by atoms with Crippen molar-refractivity contribution in [3.8, 4) is 5.75 Å². The number of halogens is 1. The molecule has 0 radical (unpaired) electrons. The summed E-state index contributed by atoms with van der Waals surface area (Å²) in [6, 6.07) is 4.36. The van der Waals surface area contributed by atoms with Crippen molar-refractivity contribution in [3.63, 3.8) is 0 Å². The third-order valence-corrected chi connectivity index (χ3v) is 4.44. The molecule has 0 saturated heterocycles. The molecule has 94 valence electrons. The highest BCUT2D eigenvalue weighted by Gasteiger charge is 2.45. The van der Waals surface area contributed by atoms with E-state index in [0.717, 1.165) is 5.75 Å². The van der Waals surface area contributed by atoms with Gasteiger partial charge in [-0.2, -0.15) is 0 Å². The Kier molecular flexibility index (Phi) is 3.50. The van der Waals surface area contributed by atoms with Crippen LogP contribution in [-0.2, 0) is 5.41 Å². The summed E-state index contributed by atoms with van der Waals surface area (Å²) in [7, 11) is 1.74. The predicted octanol–water partition coefficient (Wildman–Crippen LogP) is 3.57. The molecular weight excluding hydrogens is 278 g/mol. The molecule has 2 nitrogen and oxygen atoms in total. The molecule has 1 aliphatic rings. The van der Waals surface area contributed by atoms with Gasteiger partial charge < -0.3 is 10.5 Å². The SMILES string of the molecule is COc1cc(C(C)C)c(Br)cc1C1(CN)CC1. The smallest absolute Gasteiger partial charge is 0.123 e. The van der Waals surface area contributed by atoms with E-state index in [1.807, 2.05) is 0 Å². The van der Waals surface area contributed by atoms with Gasteiger partial charge in [-0.05, 0) is 36.5 Å². The molecule has 1 aliphatic carbocycles. The molecule has 0 aromatic heterocycles. The van der Waals surface area contributed by atoms with Gasteiger partial charge in [0.1, 0.15) is 5.75 Å². The Bertz CT molecular complexity index is 424. The minimum atomic E-state index is 0.170. The molecular formula is C14H20BrNO. The van der Waals surface area contributed by atoms with Crippen molar-refractivity contribution in [2.75, 3.05) is 13.7 Å². The second kappa shape index (κ2) is 4.62. The first kappa shape index (κ1) is 12.9. The van der Waals surface area contributed by atoms with Gasteiger partial charge in [-0.1, -0.05) is 29.8 Å². The minimum Gasteiger partial charge on any atom is -0.496 e. The molecule has 0 bridgehead atoms. The zero-order valence-corrected chi connectivity index (χ0v) is 12.3. The normalized spacial score (nSPS) is 17.3. The average Bonchev–Trinajstić information content (AvgIpc) is 3.09. The van der Waals surface area contributed by atoms with Crippen molar-refractivity contribution in [3.05, 3.63) is 27.7 Å².